The van der Waals surface area contributed by atoms with Crippen LogP contribution in [0.2, 0.25) is 0 Å². The van der Waals surface area contributed by atoms with Gasteiger partial charge in [0.2, 0.25) is 5.91 Å². The van der Waals surface area contributed by atoms with Crippen molar-refractivity contribution in [3.8, 4) is 0 Å². The Kier molecular flexibility index (Phi) is 7.81. The van der Waals surface area contributed by atoms with Crippen LogP contribution in [0.15, 0.2) is 12.3 Å². The molecule has 8 nitrogen and oxygen atoms in total. The summed E-state index contributed by atoms with van der Waals surface area (Å²) < 4.78 is 39.4. The molecule has 1 unspecified atom stereocenters. The number of amides is 1. The van der Waals surface area contributed by atoms with Gasteiger partial charge in [-0.1, -0.05) is 0 Å². The number of aromatic nitrogens is 2. The zero-order valence-corrected chi connectivity index (χ0v) is 15.7. The molecule has 11 heteroatoms. The van der Waals surface area contributed by atoms with Crippen molar-refractivity contribution in [2.45, 2.75) is 38.5 Å². The molecule has 0 bridgehead atoms. The first-order chi connectivity index (χ1) is 13.2. The second-order valence-electron chi connectivity index (χ2n) is 6.64. The SMILES string of the molecule is CCOCC1CN(CC(=O)N2CCCC2)Cc2ccnn21.O=C(O)C(F)(F)F. The molecule has 3 rings (SSSR count). The third kappa shape index (κ3) is 6.20. The average molecular weight is 406 g/mol. The van der Waals surface area contributed by atoms with Crippen molar-refractivity contribution < 1.29 is 32.6 Å². The molecule has 3 heterocycles. The molecule has 2 aliphatic heterocycles. The maximum absolute atomic E-state index is 12.3. The lowest BCUT2D eigenvalue weighted by molar-refractivity contribution is -0.192. The Morgan fingerprint density at radius 1 is 1.32 bits per heavy atom. The number of alkyl halides is 3. The molecule has 0 saturated carbocycles. The van der Waals surface area contributed by atoms with E-state index in [9.17, 15) is 18.0 Å². The fourth-order valence-electron chi connectivity index (χ4n) is 3.22. The van der Waals surface area contributed by atoms with E-state index in [-0.39, 0.29) is 11.9 Å². The van der Waals surface area contributed by atoms with E-state index in [2.05, 4.69) is 10.00 Å². The van der Waals surface area contributed by atoms with Crippen LogP contribution in [0.25, 0.3) is 0 Å². The normalized spacial score (nSPS) is 19.7. The molecule has 1 aromatic rings. The van der Waals surface area contributed by atoms with E-state index in [4.69, 9.17) is 14.6 Å². The van der Waals surface area contributed by atoms with E-state index in [0.29, 0.717) is 19.8 Å². The molecule has 1 N–H and O–H groups in total. The summed E-state index contributed by atoms with van der Waals surface area (Å²) in [6.07, 6.45) is -0.961. The maximum atomic E-state index is 12.3. The fraction of sp³-hybridized carbons (Fsp3) is 0.706. The van der Waals surface area contributed by atoms with E-state index < -0.39 is 12.1 Å². The molecular formula is C17H25F3N4O4. The van der Waals surface area contributed by atoms with Gasteiger partial charge in [-0.3, -0.25) is 14.4 Å². The number of likely N-dealkylation sites (tertiary alicyclic amines) is 1. The smallest absolute Gasteiger partial charge is 0.475 e. The third-order valence-electron chi connectivity index (χ3n) is 4.53. The number of carboxylic acid groups (broad SMARTS) is 1. The summed E-state index contributed by atoms with van der Waals surface area (Å²) in [6.45, 7) is 7.34. The summed E-state index contributed by atoms with van der Waals surface area (Å²) in [5.41, 5.74) is 1.17. The van der Waals surface area contributed by atoms with Gasteiger partial charge in [-0.2, -0.15) is 18.3 Å². The highest BCUT2D eigenvalue weighted by Crippen LogP contribution is 2.21. The standard InChI is InChI=1S/C15H24N4O2.C2HF3O2/c1-2-21-12-14-10-17(9-13-5-6-16-19(13)14)11-15(20)18-7-3-4-8-18;3-2(4,5)1(6)7/h5-6,14H,2-4,7-12H2,1H3;(H,6,7). The molecule has 1 atom stereocenters. The van der Waals surface area contributed by atoms with E-state index in [1.165, 1.54) is 5.69 Å². The Balaban J connectivity index is 0.000000345. The lowest BCUT2D eigenvalue weighted by Gasteiger charge is -2.34. The number of rotatable bonds is 5. The van der Waals surface area contributed by atoms with Crippen LogP contribution in [0.3, 0.4) is 0 Å². The van der Waals surface area contributed by atoms with Crippen LogP contribution in [-0.4, -0.2) is 82.1 Å². The molecule has 1 saturated heterocycles. The number of nitrogens with zero attached hydrogens (tertiary/aromatic N) is 4. The van der Waals surface area contributed by atoms with Gasteiger partial charge in [-0.05, 0) is 25.8 Å². The highest BCUT2D eigenvalue weighted by molar-refractivity contribution is 5.78. The lowest BCUT2D eigenvalue weighted by atomic mass is 10.2. The van der Waals surface area contributed by atoms with Crippen molar-refractivity contribution in [2.75, 3.05) is 39.4 Å². The van der Waals surface area contributed by atoms with Crippen LogP contribution < -0.4 is 0 Å². The van der Waals surface area contributed by atoms with Crippen molar-refractivity contribution >= 4 is 11.9 Å². The number of halogens is 3. The van der Waals surface area contributed by atoms with Gasteiger partial charge in [0.1, 0.15) is 0 Å². The molecule has 158 valence electrons. The Hall–Kier alpha value is -2.14. The van der Waals surface area contributed by atoms with E-state index in [1.807, 2.05) is 28.8 Å². The number of hydrogen-bond acceptors (Lipinski definition) is 5. The number of aliphatic carboxylic acids is 1. The van der Waals surface area contributed by atoms with Gasteiger partial charge in [-0.15, -0.1) is 0 Å². The summed E-state index contributed by atoms with van der Waals surface area (Å²) in [4.78, 5) is 25.4. The first kappa shape index (κ1) is 22.2. The minimum atomic E-state index is -5.08. The largest absolute Gasteiger partial charge is 0.490 e. The Morgan fingerprint density at radius 2 is 1.96 bits per heavy atom. The Bertz CT molecular complexity index is 659. The molecule has 1 aromatic heterocycles. The molecule has 0 spiro atoms. The van der Waals surface area contributed by atoms with Gasteiger partial charge < -0.3 is 14.7 Å². The second-order valence-corrected chi connectivity index (χ2v) is 6.64. The van der Waals surface area contributed by atoms with E-state index in [1.54, 1.807) is 0 Å². The first-order valence-electron chi connectivity index (χ1n) is 9.12. The van der Waals surface area contributed by atoms with Crippen molar-refractivity contribution in [3.05, 3.63) is 18.0 Å². The number of carbonyl (C=O) groups excluding carboxylic acids is 1. The number of hydrogen-bond donors (Lipinski definition) is 1. The molecule has 0 radical (unpaired) electrons. The van der Waals surface area contributed by atoms with Gasteiger partial charge in [0.05, 0.1) is 24.9 Å². The minimum Gasteiger partial charge on any atom is -0.475 e. The molecule has 2 aliphatic rings. The average Bonchev–Trinajstić information content (AvgIpc) is 3.30. The molecule has 0 aliphatic carbocycles. The number of carboxylic acids is 1. The molecule has 0 aromatic carbocycles. The molecule has 28 heavy (non-hydrogen) atoms. The minimum absolute atomic E-state index is 0.204. The van der Waals surface area contributed by atoms with Crippen LogP contribution in [0.5, 0.6) is 0 Å². The van der Waals surface area contributed by atoms with Gasteiger partial charge in [-0.25, -0.2) is 4.79 Å². The second kappa shape index (κ2) is 9.87. The molecular weight excluding hydrogens is 381 g/mol. The van der Waals surface area contributed by atoms with Crippen molar-refractivity contribution in [3.63, 3.8) is 0 Å². The Morgan fingerprint density at radius 3 is 2.54 bits per heavy atom. The predicted molar refractivity (Wildman–Crippen MR) is 92.5 cm³/mol. The molecule has 1 amide bonds. The van der Waals surface area contributed by atoms with E-state index in [0.717, 1.165) is 39.0 Å². The van der Waals surface area contributed by atoms with Crippen molar-refractivity contribution in [1.29, 1.82) is 0 Å². The number of fused-ring (bicyclic) bond motifs is 1. The highest BCUT2D eigenvalue weighted by atomic mass is 19.4. The zero-order chi connectivity index (χ0) is 20.7. The number of ether oxygens (including phenoxy) is 1. The van der Waals surface area contributed by atoms with Crippen LogP contribution in [-0.2, 0) is 20.9 Å². The number of carbonyl (C=O) groups is 2. The summed E-state index contributed by atoms with van der Waals surface area (Å²) >= 11 is 0. The molecule has 1 fully saturated rings. The monoisotopic (exact) mass is 406 g/mol. The summed E-state index contributed by atoms with van der Waals surface area (Å²) in [7, 11) is 0. The van der Waals surface area contributed by atoms with Gasteiger partial charge in [0.25, 0.3) is 0 Å². The summed E-state index contributed by atoms with van der Waals surface area (Å²) in [6, 6.07) is 2.24. The van der Waals surface area contributed by atoms with Crippen LogP contribution in [0.1, 0.15) is 31.5 Å². The van der Waals surface area contributed by atoms with Crippen LogP contribution >= 0.6 is 0 Å². The van der Waals surface area contributed by atoms with Crippen LogP contribution in [0, 0.1) is 0 Å². The van der Waals surface area contributed by atoms with Crippen LogP contribution in [0.4, 0.5) is 13.2 Å². The Labute approximate surface area is 160 Å². The quantitative estimate of drug-likeness (QED) is 0.798. The topological polar surface area (TPSA) is 87.9 Å². The van der Waals surface area contributed by atoms with Gasteiger partial charge in [0, 0.05) is 39.0 Å². The lowest BCUT2D eigenvalue weighted by Crippen LogP contribution is -2.45. The van der Waals surface area contributed by atoms with Gasteiger partial charge in [0.15, 0.2) is 0 Å². The highest BCUT2D eigenvalue weighted by Gasteiger charge is 2.38. The first-order valence-corrected chi connectivity index (χ1v) is 9.12. The summed E-state index contributed by atoms with van der Waals surface area (Å²) in [5.74, 6) is -2.50. The third-order valence-corrected chi connectivity index (χ3v) is 4.53. The van der Waals surface area contributed by atoms with Gasteiger partial charge >= 0.3 is 12.1 Å². The predicted octanol–water partition coefficient (Wildman–Crippen LogP) is 1.53. The van der Waals surface area contributed by atoms with Crippen molar-refractivity contribution in [1.82, 2.24) is 19.6 Å². The summed E-state index contributed by atoms with van der Waals surface area (Å²) in [5, 5.41) is 11.5. The van der Waals surface area contributed by atoms with E-state index >= 15 is 0 Å². The maximum Gasteiger partial charge on any atom is 0.490 e. The van der Waals surface area contributed by atoms with Crippen molar-refractivity contribution in [2.24, 2.45) is 0 Å². The fourth-order valence-corrected chi connectivity index (χ4v) is 3.22. The zero-order valence-electron chi connectivity index (χ0n) is 15.7.